The second-order valence-corrected chi connectivity index (χ2v) is 0. The van der Waals surface area contributed by atoms with Crippen molar-refractivity contribution in [2.75, 3.05) is 0 Å². The molecule has 0 aromatic heterocycles. The Morgan fingerprint density at radius 3 is 0.400 bits per heavy atom. The Labute approximate surface area is 91.9 Å². The molecule has 45 valence electrons. The van der Waals surface area contributed by atoms with Crippen LogP contribution in [-0.2, 0) is 93.3 Å². The summed E-state index contributed by atoms with van der Waals surface area (Å²) in [5.74, 6) is 0. The van der Waals surface area contributed by atoms with Crippen LogP contribution in [0, 0.1) is 0 Å². The molecule has 0 aliphatic heterocycles. The number of hydrogen-bond acceptors (Lipinski definition) is 0. The molecule has 0 amide bonds. The van der Waals surface area contributed by atoms with Crippen molar-refractivity contribution in [2.24, 2.45) is 0 Å². The van der Waals surface area contributed by atoms with Gasteiger partial charge in [0.15, 0.2) is 0 Å². The average molecular weight is 383 g/mol. The molecule has 0 fully saturated rings. The monoisotopic (exact) mass is 385 g/mol. The van der Waals surface area contributed by atoms with Gasteiger partial charge in [-0.3, -0.25) is 0 Å². The molecule has 0 N–H and O–H groups in total. The van der Waals surface area contributed by atoms with Crippen LogP contribution in [-0.4, -0.2) is 0 Å². The molecule has 0 nitrogen and oxygen atoms in total. The molecule has 0 aliphatic rings. The fourth-order valence-corrected chi connectivity index (χ4v) is 0. The Kier molecular flexibility index (Phi) is 251. The van der Waals surface area contributed by atoms with Gasteiger partial charge in [-0.2, -0.15) is 0 Å². The van der Waals surface area contributed by atoms with Crippen LogP contribution in [0.25, 0.3) is 0 Å². The van der Waals surface area contributed by atoms with Gasteiger partial charge in [0.2, 0.25) is 0 Å². The summed E-state index contributed by atoms with van der Waals surface area (Å²) >= 11 is 0. The predicted octanol–water partition coefficient (Wildman–Crippen LogP) is -0.0125. The molecule has 0 aromatic carbocycles. The van der Waals surface area contributed by atoms with E-state index in [-0.39, 0.29) is 93.3 Å². The summed E-state index contributed by atoms with van der Waals surface area (Å²) in [6.45, 7) is 0. The SMILES string of the molecule is [Cu].[Cu].[Cu].[Mo].[Mo]. The van der Waals surface area contributed by atoms with Crippen molar-refractivity contribution in [3.8, 4) is 0 Å². The standard InChI is InChI=1S/3Cu.2Mo. The Bertz CT molecular complexity index is 4.85. The van der Waals surface area contributed by atoms with E-state index in [0.717, 1.165) is 0 Å². The molecule has 0 heterocycles. The van der Waals surface area contributed by atoms with Crippen LogP contribution in [0.2, 0.25) is 0 Å². The van der Waals surface area contributed by atoms with Crippen molar-refractivity contribution in [1.82, 2.24) is 0 Å². The molecule has 0 atom stereocenters. The average Bonchev–Trinajstić information content (AvgIpc) is 0. The third-order valence-corrected chi connectivity index (χ3v) is 0. The fraction of sp³-hybridized carbons (Fsp3) is 0. The first-order valence-electron chi connectivity index (χ1n) is 0. The van der Waals surface area contributed by atoms with Crippen LogP contribution in [0.3, 0.4) is 0 Å². The van der Waals surface area contributed by atoms with Gasteiger partial charge in [0.25, 0.3) is 0 Å². The minimum atomic E-state index is 0. The summed E-state index contributed by atoms with van der Waals surface area (Å²) in [5.41, 5.74) is 0. The largest absolute Gasteiger partial charge is 0 e. The van der Waals surface area contributed by atoms with Crippen LogP contribution in [0.4, 0.5) is 0 Å². The van der Waals surface area contributed by atoms with Gasteiger partial charge in [0, 0.05) is 93.3 Å². The van der Waals surface area contributed by atoms with Crippen molar-refractivity contribution in [1.29, 1.82) is 0 Å². The zero-order chi connectivity index (χ0) is 0. The second kappa shape index (κ2) is 28.4. The van der Waals surface area contributed by atoms with Gasteiger partial charge in [-0.1, -0.05) is 0 Å². The Morgan fingerprint density at radius 1 is 0.400 bits per heavy atom. The minimum absolute atomic E-state index is 0. The van der Waals surface area contributed by atoms with E-state index in [9.17, 15) is 0 Å². The molecule has 5 heteroatoms. The van der Waals surface area contributed by atoms with Gasteiger partial charge >= 0.3 is 0 Å². The van der Waals surface area contributed by atoms with Crippen molar-refractivity contribution in [3.63, 3.8) is 0 Å². The van der Waals surface area contributed by atoms with E-state index in [1.807, 2.05) is 0 Å². The van der Waals surface area contributed by atoms with Crippen LogP contribution in [0.15, 0.2) is 0 Å². The Morgan fingerprint density at radius 2 is 0.400 bits per heavy atom. The third-order valence-electron chi connectivity index (χ3n) is 0. The zero-order valence-electron chi connectivity index (χ0n) is 1.72. The van der Waals surface area contributed by atoms with E-state index in [0.29, 0.717) is 0 Å². The molecule has 3 radical (unpaired) electrons. The topological polar surface area (TPSA) is 0 Å². The minimum Gasteiger partial charge on any atom is 0 e. The zero-order valence-corrected chi connectivity index (χ0v) is 8.56. The van der Waals surface area contributed by atoms with E-state index in [4.69, 9.17) is 0 Å². The normalized spacial score (nSPS) is 0. The molecule has 0 aliphatic carbocycles. The molecule has 0 bridgehead atoms. The molecule has 0 rings (SSSR count). The molecule has 0 unspecified atom stereocenters. The molecule has 0 saturated carbocycles. The molecular formula is Cu3Mo2. The first-order valence-corrected chi connectivity index (χ1v) is 0. The third kappa shape index (κ3) is 19.6. The maximum atomic E-state index is 0. The van der Waals surface area contributed by atoms with Crippen LogP contribution in [0.5, 0.6) is 0 Å². The van der Waals surface area contributed by atoms with E-state index >= 15 is 0 Å². The van der Waals surface area contributed by atoms with Crippen molar-refractivity contribution in [2.45, 2.75) is 0 Å². The summed E-state index contributed by atoms with van der Waals surface area (Å²) in [5, 5.41) is 0. The molecular weight excluding hydrogens is 383 g/mol. The maximum Gasteiger partial charge on any atom is 0 e. The summed E-state index contributed by atoms with van der Waals surface area (Å²) in [6, 6.07) is 0. The van der Waals surface area contributed by atoms with Crippen molar-refractivity contribution in [3.05, 3.63) is 0 Å². The summed E-state index contributed by atoms with van der Waals surface area (Å²) in [6.07, 6.45) is 0. The first-order chi connectivity index (χ1) is 0. The predicted molar refractivity (Wildman–Crippen MR) is 0 cm³/mol. The van der Waals surface area contributed by atoms with Gasteiger partial charge in [-0.25, -0.2) is 0 Å². The molecule has 0 aromatic rings. The van der Waals surface area contributed by atoms with Gasteiger partial charge in [-0.15, -0.1) is 0 Å². The Hall–Kier alpha value is 2.94. The van der Waals surface area contributed by atoms with Gasteiger partial charge in [0.1, 0.15) is 0 Å². The van der Waals surface area contributed by atoms with Gasteiger partial charge < -0.3 is 0 Å². The second-order valence-electron chi connectivity index (χ2n) is 0. The molecule has 0 spiro atoms. The quantitative estimate of drug-likeness (QED) is 0.517. The van der Waals surface area contributed by atoms with E-state index in [2.05, 4.69) is 0 Å². The smallest absolute Gasteiger partial charge is 0 e. The van der Waals surface area contributed by atoms with Crippen LogP contribution >= 0.6 is 0 Å². The van der Waals surface area contributed by atoms with E-state index in [1.54, 1.807) is 0 Å². The number of hydrogen-bond donors (Lipinski definition) is 0. The van der Waals surface area contributed by atoms with Crippen LogP contribution < -0.4 is 0 Å². The summed E-state index contributed by atoms with van der Waals surface area (Å²) in [7, 11) is 0. The fourth-order valence-electron chi connectivity index (χ4n) is 0. The Balaban J connectivity index is 0. The van der Waals surface area contributed by atoms with Gasteiger partial charge in [0.05, 0.1) is 0 Å². The first kappa shape index (κ1) is 44.3. The maximum absolute atomic E-state index is 0. The molecule has 5 heavy (non-hydrogen) atoms. The summed E-state index contributed by atoms with van der Waals surface area (Å²) < 4.78 is 0. The van der Waals surface area contributed by atoms with Crippen LogP contribution in [0.1, 0.15) is 0 Å². The molecule has 0 saturated heterocycles. The van der Waals surface area contributed by atoms with E-state index < -0.39 is 0 Å². The van der Waals surface area contributed by atoms with Crippen molar-refractivity contribution >= 4 is 0 Å². The summed E-state index contributed by atoms with van der Waals surface area (Å²) in [4.78, 5) is 0. The van der Waals surface area contributed by atoms with Crippen molar-refractivity contribution < 1.29 is 93.3 Å². The van der Waals surface area contributed by atoms with Gasteiger partial charge in [-0.05, 0) is 0 Å². The van der Waals surface area contributed by atoms with E-state index in [1.165, 1.54) is 0 Å². The number of rotatable bonds is 0.